The van der Waals surface area contributed by atoms with Crippen molar-refractivity contribution in [1.82, 2.24) is 5.32 Å². The highest BCUT2D eigenvalue weighted by molar-refractivity contribution is 7.45. The average Bonchev–Trinajstić information content (AvgIpc) is 3.53. The second-order valence-corrected chi connectivity index (χ2v) is 14.9. The van der Waals surface area contributed by atoms with Gasteiger partial charge in [0.1, 0.15) is 13.2 Å². The minimum absolute atomic E-state index is 0.0127. The number of phosphoric ester groups is 1. The second kappa shape index (κ2) is 21.1. The molecule has 2 bridgehead atoms. The van der Waals surface area contributed by atoms with Crippen LogP contribution in [0.4, 0.5) is 4.79 Å². The smallest absolute Gasteiger partial charge is 0.407 e. The minimum atomic E-state index is -4.40. The largest absolute Gasteiger partial charge is 0.756 e. The zero-order valence-electron chi connectivity index (χ0n) is 27.3. The molecule has 2 rings (SSSR count). The van der Waals surface area contributed by atoms with E-state index in [-0.39, 0.29) is 43.9 Å². The first kappa shape index (κ1) is 37.5. The second-order valence-electron chi connectivity index (χ2n) is 13.5. The molecule has 0 aromatic carbocycles. The van der Waals surface area contributed by atoms with Crippen LogP contribution in [0.2, 0.25) is 0 Å². The maximum absolute atomic E-state index is 12.3. The number of nitrogens with one attached hydrogen (secondary N) is 1. The zero-order valence-corrected chi connectivity index (χ0v) is 28.2. The molecule has 5 atom stereocenters. The molecule has 0 spiro atoms. The lowest BCUT2D eigenvalue weighted by Crippen LogP contribution is -2.38. The Morgan fingerprint density at radius 3 is 1.76 bits per heavy atom. The lowest BCUT2D eigenvalue weighted by Gasteiger charge is -2.31. The quantitative estimate of drug-likeness (QED) is 0.0634. The van der Waals surface area contributed by atoms with Gasteiger partial charge < -0.3 is 33.2 Å². The van der Waals surface area contributed by atoms with Gasteiger partial charge in [0.05, 0.1) is 46.6 Å². The van der Waals surface area contributed by atoms with Crippen molar-refractivity contribution >= 4 is 13.9 Å². The Hall–Kier alpha value is -0.700. The summed E-state index contributed by atoms with van der Waals surface area (Å²) in [6.45, 7) is 3.70. The molecule has 2 saturated heterocycles. The van der Waals surface area contributed by atoms with Gasteiger partial charge in [0.15, 0.2) is 0 Å². The Labute approximate surface area is 257 Å². The van der Waals surface area contributed by atoms with Crippen LogP contribution >= 0.6 is 7.82 Å². The average molecular weight is 619 g/mol. The van der Waals surface area contributed by atoms with Crippen LogP contribution in [0.25, 0.3) is 0 Å². The number of nitrogens with zero attached hydrogens (tertiary/aromatic N) is 1. The van der Waals surface area contributed by atoms with Gasteiger partial charge in [-0.2, -0.15) is 0 Å². The summed E-state index contributed by atoms with van der Waals surface area (Å²) in [5.41, 5.74) is 0. The Kier molecular flexibility index (Phi) is 18.8. The maximum atomic E-state index is 12.3. The van der Waals surface area contributed by atoms with Crippen molar-refractivity contribution in [2.24, 2.45) is 11.8 Å². The minimum Gasteiger partial charge on any atom is -0.756 e. The van der Waals surface area contributed by atoms with Crippen LogP contribution in [-0.4, -0.2) is 76.8 Å². The molecule has 0 saturated carbocycles. The molecule has 9 nitrogen and oxygen atoms in total. The SMILES string of the molecule is CCCCCCCCCCCCCCCCCCNC(=O)OC[C@@H]1[C@@H](COP(=O)([O-])OCC[N+](C)(C)C)[C@H]2CC[C@@H]1O2. The van der Waals surface area contributed by atoms with Crippen LogP contribution in [0.15, 0.2) is 0 Å². The Balaban J connectivity index is 1.46. The van der Waals surface area contributed by atoms with Crippen LogP contribution in [-0.2, 0) is 23.1 Å². The number of quaternary nitrogens is 1. The molecule has 1 N–H and O–H groups in total. The van der Waals surface area contributed by atoms with E-state index >= 15 is 0 Å². The first-order chi connectivity index (χ1) is 20.1. The lowest BCUT2D eigenvalue weighted by molar-refractivity contribution is -0.870. The highest BCUT2D eigenvalue weighted by Gasteiger charge is 2.49. The van der Waals surface area contributed by atoms with Gasteiger partial charge >= 0.3 is 6.09 Å². The van der Waals surface area contributed by atoms with Crippen LogP contribution in [0.1, 0.15) is 122 Å². The Morgan fingerprint density at radius 1 is 0.786 bits per heavy atom. The molecule has 248 valence electrons. The van der Waals surface area contributed by atoms with Gasteiger partial charge in [0.25, 0.3) is 7.82 Å². The predicted octanol–water partition coefficient (Wildman–Crippen LogP) is 6.98. The van der Waals surface area contributed by atoms with E-state index in [1.165, 1.54) is 89.9 Å². The topological polar surface area (TPSA) is 106 Å². The van der Waals surface area contributed by atoms with E-state index in [0.29, 0.717) is 17.6 Å². The number of fused-ring (bicyclic) bond motifs is 2. The molecule has 2 heterocycles. The number of carbonyl (C=O) groups excluding carboxylic acids is 1. The summed E-state index contributed by atoms with van der Waals surface area (Å²) in [6, 6.07) is 0. The standard InChI is InChI=1S/C32H63N2O7P/c1-5-6-7-8-9-10-11-12-13-14-15-16-17-18-19-20-23-33-32(35)38-26-28-29(31-22-21-30(28)41-31)27-40-42(36,37)39-25-24-34(2,3)4/h28-31H,5-27H2,1-4H3,(H-,33,35,36,37)/t28-,29-,30+,31-/m1/s1. The molecule has 2 aliphatic heterocycles. The fourth-order valence-corrected chi connectivity index (χ4v) is 6.79. The van der Waals surface area contributed by atoms with Crippen molar-refractivity contribution < 1.29 is 37.3 Å². The van der Waals surface area contributed by atoms with Crippen molar-refractivity contribution in [3.8, 4) is 0 Å². The molecule has 1 amide bonds. The molecular formula is C32H63N2O7P. The van der Waals surface area contributed by atoms with Gasteiger partial charge in [-0.1, -0.05) is 103 Å². The zero-order chi connectivity index (χ0) is 30.7. The van der Waals surface area contributed by atoms with Crippen LogP contribution in [0.5, 0.6) is 0 Å². The first-order valence-corrected chi connectivity index (χ1v) is 18.5. The summed E-state index contributed by atoms with van der Waals surface area (Å²) in [5.74, 6) is -0.211. The number of ether oxygens (including phenoxy) is 2. The maximum Gasteiger partial charge on any atom is 0.407 e. The lowest BCUT2D eigenvalue weighted by atomic mass is 9.80. The van der Waals surface area contributed by atoms with E-state index in [9.17, 15) is 14.3 Å². The first-order valence-electron chi connectivity index (χ1n) is 17.1. The monoisotopic (exact) mass is 618 g/mol. The van der Waals surface area contributed by atoms with Gasteiger partial charge in [0.2, 0.25) is 0 Å². The number of phosphoric acid groups is 1. The Bertz CT molecular complexity index is 764. The molecule has 2 aliphatic rings. The number of amides is 1. The summed E-state index contributed by atoms with van der Waals surface area (Å²) in [6.07, 6.45) is 22.4. The summed E-state index contributed by atoms with van der Waals surface area (Å²) >= 11 is 0. The molecule has 0 radical (unpaired) electrons. The third-order valence-corrected chi connectivity index (χ3v) is 9.70. The van der Waals surface area contributed by atoms with E-state index in [0.717, 1.165) is 25.7 Å². The fourth-order valence-electron chi connectivity index (χ4n) is 6.06. The summed E-state index contributed by atoms with van der Waals surface area (Å²) < 4.78 is 34.6. The van der Waals surface area contributed by atoms with E-state index in [1.54, 1.807) is 0 Å². The Morgan fingerprint density at radius 2 is 1.26 bits per heavy atom. The summed E-state index contributed by atoms with van der Waals surface area (Å²) in [4.78, 5) is 24.5. The van der Waals surface area contributed by atoms with E-state index < -0.39 is 13.9 Å². The summed E-state index contributed by atoms with van der Waals surface area (Å²) in [7, 11) is 1.50. The summed E-state index contributed by atoms with van der Waals surface area (Å²) in [5, 5.41) is 2.86. The highest BCUT2D eigenvalue weighted by Crippen LogP contribution is 2.47. The molecule has 0 aromatic rings. The third kappa shape index (κ3) is 17.0. The number of likely N-dealkylation sites (N-methyl/N-ethyl adjacent to an activating group) is 1. The van der Waals surface area contributed by atoms with Crippen LogP contribution < -0.4 is 10.2 Å². The van der Waals surface area contributed by atoms with E-state index in [1.807, 2.05) is 21.1 Å². The van der Waals surface area contributed by atoms with Gasteiger partial charge in [-0.15, -0.1) is 0 Å². The number of hydrogen-bond acceptors (Lipinski definition) is 7. The predicted molar refractivity (Wildman–Crippen MR) is 166 cm³/mol. The molecule has 1 unspecified atom stereocenters. The van der Waals surface area contributed by atoms with E-state index in [2.05, 4.69) is 12.2 Å². The van der Waals surface area contributed by atoms with Crippen molar-refractivity contribution in [2.75, 3.05) is 54.1 Å². The molecule has 0 aromatic heterocycles. The van der Waals surface area contributed by atoms with Gasteiger partial charge in [-0.3, -0.25) is 4.57 Å². The molecule has 10 heteroatoms. The normalized spacial score (nSPS) is 23.3. The van der Waals surface area contributed by atoms with Crippen molar-refractivity contribution in [2.45, 2.75) is 135 Å². The number of rotatable bonds is 26. The van der Waals surface area contributed by atoms with Gasteiger partial charge in [-0.05, 0) is 19.3 Å². The molecular weight excluding hydrogens is 555 g/mol. The molecule has 42 heavy (non-hydrogen) atoms. The number of hydrogen-bond donors (Lipinski definition) is 1. The van der Waals surface area contributed by atoms with Crippen LogP contribution in [0.3, 0.4) is 0 Å². The van der Waals surface area contributed by atoms with Crippen LogP contribution in [0, 0.1) is 11.8 Å². The van der Waals surface area contributed by atoms with Crippen molar-refractivity contribution in [3.63, 3.8) is 0 Å². The third-order valence-electron chi connectivity index (χ3n) is 8.73. The number of carbonyl (C=O) groups is 1. The number of alkyl carbamates (subject to hydrolysis) is 1. The fraction of sp³-hybridized carbons (Fsp3) is 0.969. The van der Waals surface area contributed by atoms with Gasteiger partial charge in [-0.25, -0.2) is 4.79 Å². The van der Waals surface area contributed by atoms with E-state index in [4.69, 9.17) is 18.5 Å². The van der Waals surface area contributed by atoms with Crippen molar-refractivity contribution in [1.29, 1.82) is 0 Å². The van der Waals surface area contributed by atoms with Gasteiger partial charge in [0, 0.05) is 18.4 Å². The van der Waals surface area contributed by atoms with Crippen molar-refractivity contribution in [3.05, 3.63) is 0 Å². The molecule has 2 fully saturated rings. The number of unbranched alkanes of at least 4 members (excludes halogenated alkanes) is 15. The highest BCUT2D eigenvalue weighted by atomic mass is 31.2. The molecule has 0 aliphatic carbocycles.